The maximum absolute atomic E-state index is 5.76. The summed E-state index contributed by atoms with van der Waals surface area (Å²) in [5, 5.41) is 3.58. The van der Waals surface area contributed by atoms with E-state index in [1.54, 1.807) is 0 Å². The van der Waals surface area contributed by atoms with Crippen molar-refractivity contribution in [2.75, 3.05) is 6.61 Å². The van der Waals surface area contributed by atoms with Gasteiger partial charge in [0.25, 0.3) is 0 Å². The first-order valence-corrected chi connectivity index (χ1v) is 6.74. The molecule has 1 aromatic carbocycles. The predicted octanol–water partition coefficient (Wildman–Crippen LogP) is 3.45. The summed E-state index contributed by atoms with van der Waals surface area (Å²) in [5.41, 5.74) is 1.24. The fraction of sp³-hybridized carbons (Fsp3) is 0.375. The highest BCUT2D eigenvalue weighted by Crippen LogP contribution is 2.35. The van der Waals surface area contributed by atoms with E-state index in [1.165, 1.54) is 5.56 Å². The maximum Gasteiger partial charge on any atom is 0.124 e. The highest BCUT2D eigenvalue weighted by atomic mass is 16.5. The number of para-hydroxylation sites is 1. The van der Waals surface area contributed by atoms with Gasteiger partial charge in [0.15, 0.2) is 0 Å². The van der Waals surface area contributed by atoms with E-state index in [0.29, 0.717) is 12.0 Å². The van der Waals surface area contributed by atoms with E-state index in [4.69, 9.17) is 9.15 Å². The Morgan fingerprint density at radius 2 is 2.05 bits per heavy atom. The summed E-state index contributed by atoms with van der Waals surface area (Å²) < 4.78 is 11.4. The third kappa shape index (κ3) is 2.51. The molecule has 100 valence electrons. The van der Waals surface area contributed by atoms with Gasteiger partial charge in [0, 0.05) is 17.5 Å². The monoisotopic (exact) mass is 257 g/mol. The highest BCUT2D eigenvalue weighted by Gasteiger charge is 2.27. The topological polar surface area (TPSA) is 34.4 Å². The number of aryl methyl sites for hydroxylation is 1. The smallest absolute Gasteiger partial charge is 0.124 e. The van der Waals surface area contributed by atoms with Crippen LogP contribution in [0.5, 0.6) is 5.75 Å². The molecule has 1 aromatic heterocycles. The first-order valence-electron chi connectivity index (χ1n) is 6.74. The Morgan fingerprint density at radius 1 is 1.21 bits per heavy atom. The van der Waals surface area contributed by atoms with E-state index in [2.05, 4.69) is 24.4 Å². The Bertz CT molecular complexity index is 561. The predicted molar refractivity (Wildman–Crippen MR) is 74.1 cm³/mol. The van der Waals surface area contributed by atoms with Gasteiger partial charge in [-0.1, -0.05) is 25.1 Å². The molecule has 3 nitrogen and oxygen atoms in total. The second kappa shape index (κ2) is 5.10. The maximum atomic E-state index is 5.76. The van der Waals surface area contributed by atoms with Crippen molar-refractivity contribution in [2.45, 2.75) is 26.4 Å². The number of rotatable bonds is 3. The molecule has 0 saturated heterocycles. The van der Waals surface area contributed by atoms with Crippen molar-refractivity contribution in [3.05, 3.63) is 53.5 Å². The highest BCUT2D eigenvalue weighted by molar-refractivity contribution is 5.37. The number of ether oxygens (including phenoxy) is 1. The van der Waals surface area contributed by atoms with Crippen LogP contribution in [0, 0.1) is 12.8 Å². The van der Waals surface area contributed by atoms with Crippen LogP contribution >= 0.6 is 0 Å². The van der Waals surface area contributed by atoms with Gasteiger partial charge in [-0.25, -0.2) is 0 Å². The molecule has 2 aromatic rings. The number of hydrogen-bond donors (Lipinski definition) is 1. The lowest BCUT2D eigenvalue weighted by atomic mass is 9.92. The molecule has 0 amide bonds. The number of hydrogen-bond acceptors (Lipinski definition) is 3. The largest absolute Gasteiger partial charge is 0.493 e. The number of nitrogens with one attached hydrogen (secondary N) is 1. The van der Waals surface area contributed by atoms with Crippen LogP contribution in [0.2, 0.25) is 0 Å². The fourth-order valence-electron chi connectivity index (χ4n) is 2.59. The van der Waals surface area contributed by atoms with Crippen LogP contribution in [0.1, 0.15) is 30.0 Å². The van der Waals surface area contributed by atoms with Gasteiger partial charge >= 0.3 is 0 Å². The Kier molecular flexibility index (Phi) is 3.30. The molecular formula is C16H19NO2. The Morgan fingerprint density at radius 3 is 2.84 bits per heavy atom. The zero-order chi connectivity index (χ0) is 13.2. The lowest BCUT2D eigenvalue weighted by Gasteiger charge is -2.32. The van der Waals surface area contributed by atoms with E-state index in [1.807, 2.05) is 31.2 Å². The summed E-state index contributed by atoms with van der Waals surface area (Å²) in [7, 11) is 0. The van der Waals surface area contributed by atoms with Crippen molar-refractivity contribution in [3.8, 4) is 5.75 Å². The molecule has 2 atom stereocenters. The zero-order valence-corrected chi connectivity index (χ0v) is 11.3. The molecule has 19 heavy (non-hydrogen) atoms. The summed E-state index contributed by atoms with van der Waals surface area (Å²) in [6.45, 7) is 5.68. The van der Waals surface area contributed by atoms with E-state index in [9.17, 15) is 0 Å². The third-order valence-corrected chi connectivity index (χ3v) is 3.62. The quantitative estimate of drug-likeness (QED) is 0.914. The van der Waals surface area contributed by atoms with E-state index in [0.717, 1.165) is 30.4 Å². The second-order valence-corrected chi connectivity index (χ2v) is 5.20. The average molecular weight is 257 g/mol. The van der Waals surface area contributed by atoms with E-state index >= 15 is 0 Å². The van der Waals surface area contributed by atoms with Gasteiger partial charge in [0.05, 0.1) is 13.2 Å². The number of fused-ring (bicyclic) bond motifs is 1. The number of furan rings is 1. The molecule has 1 N–H and O–H groups in total. The van der Waals surface area contributed by atoms with Gasteiger partial charge < -0.3 is 14.5 Å². The van der Waals surface area contributed by atoms with Gasteiger partial charge in [0.1, 0.15) is 17.3 Å². The zero-order valence-electron chi connectivity index (χ0n) is 11.3. The Labute approximate surface area is 113 Å². The molecule has 1 aliphatic rings. The van der Waals surface area contributed by atoms with Gasteiger partial charge in [0.2, 0.25) is 0 Å². The first kappa shape index (κ1) is 12.3. The van der Waals surface area contributed by atoms with Crippen molar-refractivity contribution >= 4 is 0 Å². The lowest BCUT2D eigenvalue weighted by Crippen LogP contribution is -2.33. The fourth-order valence-corrected chi connectivity index (χ4v) is 2.59. The summed E-state index contributed by atoms with van der Waals surface area (Å²) in [5.74, 6) is 3.38. The molecule has 0 fully saturated rings. The van der Waals surface area contributed by atoms with E-state index in [-0.39, 0.29) is 0 Å². The Balaban J connectivity index is 1.76. The van der Waals surface area contributed by atoms with Gasteiger partial charge in [-0.15, -0.1) is 0 Å². The van der Waals surface area contributed by atoms with Crippen LogP contribution in [0.4, 0.5) is 0 Å². The molecule has 2 heterocycles. The lowest BCUT2D eigenvalue weighted by molar-refractivity contribution is 0.186. The van der Waals surface area contributed by atoms with Crippen LogP contribution in [-0.2, 0) is 6.54 Å². The van der Waals surface area contributed by atoms with Gasteiger partial charge in [-0.3, -0.25) is 0 Å². The van der Waals surface area contributed by atoms with Crippen molar-refractivity contribution in [1.82, 2.24) is 5.32 Å². The third-order valence-electron chi connectivity index (χ3n) is 3.62. The molecular weight excluding hydrogens is 238 g/mol. The van der Waals surface area contributed by atoms with Crippen molar-refractivity contribution < 1.29 is 9.15 Å². The molecule has 0 bridgehead atoms. The van der Waals surface area contributed by atoms with Crippen molar-refractivity contribution in [2.24, 2.45) is 5.92 Å². The molecule has 3 heteroatoms. The van der Waals surface area contributed by atoms with Crippen molar-refractivity contribution in [1.29, 1.82) is 0 Å². The summed E-state index contributed by atoms with van der Waals surface area (Å²) in [4.78, 5) is 0. The van der Waals surface area contributed by atoms with Crippen LogP contribution in [-0.4, -0.2) is 6.61 Å². The second-order valence-electron chi connectivity index (χ2n) is 5.20. The van der Waals surface area contributed by atoms with Crippen LogP contribution in [0.25, 0.3) is 0 Å². The molecule has 0 radical (unpaired) electrons. The molecule has 0 spiro atoms. The molecule has 0 aliphatic carbocycles. The van der Waals surface area contributed by atoms with Crippen LogP contribution in [0.3, 0.4) is 0 Å². The molecule has 3 rings (SSSR count). The standard InChI is InChI=1S/C16H19NO2/c1-11-10-18-15-6-4-3-5-14(15)16(11)17-9-13-8-7-12(2)19-13/h3-8,11,16-17H,9-10H2,1-2H3. The molecule has 2 unspecified atom stereocenters. The Hall–Kier alpha value is -1.74. The van der Waals surface area contributed by atoms with Crippen LogP contribution in [0.15, 0.2) is 40.8 Å². The summed E-state index contributed by atoms with van der Waals surface area (Å²) in [6, 6.07) is 12.6. The molecule has 1 aliphatic heterocycles. The normalized spacial score (nSPS) is 21.8. The van der Waals surface area contributed by atoms with Crippen molar-refractivity contribution in [3.63, 3.8) is 0 Å². The minimum Gasteiger partial charge on any atom is -0.493 e. The van der Waals surface area contributed by atoms with Crippen LogP contribution < -0.4 is 10.1 Å². The minimum atomic E-state index is 0.315. The summed E-state index contributed by atoms with van der Waals surface area (Å²) in [6.07, 6.45) is 0. The first-order chi connectivity index (χ1) is 9.24. The van der Waals surface area contributed by atoms with E-state index < -0.39 is 0 Å². The average Bonchev–Trinajstić information content (AvgIpc) is 2.83. The van der Waals surface area contributed by atoms with Gasteiger partial charge in [-0.2, -0.15) is 0 Å². The summed E-state index contributed by atoms with van der Waals surface area (Å²) >= 11 is 0. The SMILES string of the molecule is Cc1ccc(CNC2c3ccccc3OCC2C)o1. The molecule has 0 saturated carbocycles. The minimum absolute atomic E-state index is 0.315. The van der Waals surface area contributed by atoms with Gasteiger partial charge in [-0.05, 0) is 25.1 Å². The number of benzene rings is 1.